The molecule has 0 bridgehead atoms. The smallest absolute Gasteiger partial charge is 0.0541 e. The third-order valence-corrected chi connectivity index (χ3v) is 10.7. The molecule has 1 aliphatic heterocycles. The summed E-state index contributed by atoms with van der Waals surface area (Å²) in [5.41, 5.74) is 17.4. The topological polar surface area (TPSA) is 8.17 Å². The minimum Gasteiger partial charge on any atom is -0.363 e. The van der Waals surface area contributed by atoms with E-state index in [-0.39, 0.29) is 0 Å². The van der Waals surface area contributed by atoms with E-state index < -0.39 is 0 Å². The van der Waals surface area contributed by atoms with Crippen LogP contribution in [-0.2, 0) is 13.1 Å². The van der Waals surface area contributed by atoms with E-state index in [1.54, 1.807) is 0 Å². The van der Waals surface area contributed by atoms with Gasteiger partial charge in [0, 0.05) is 35.2 Å². The molecular weight excluding hydrogens is 629 g/mol. The first-order valence-corrected chi connectivity index (χ1v) is 18.1. The summed E-state index contributed by atoms with van der Waals surface area (Å²) >= 11 is 0. The summed E-state index contributed by atoms with van der Waals surface area (Å²) in [4.78, 5) is 2.52. The van der Waals surface area contributed by atoms with Crippen molar-refractivity contribution in [2.45, 2.75) is 13.1 Å². The lowest BCUT2D eigenvalue weighted by molar-refractivity contribution is 0.812. The largest absolute Gasteiger partial charge is 0.363 e. The average Bonchev–Trinajstić information content (AvgIpc) is 3.46. The first kappa shape index (κ1) is 30.2. The fraction of sp³-hybridized carbons (Fsp3) is 0.0400. The number of benzene rings is 8. The quantitative estimate of drug-likeness (QED) is 0.178. The molecule has 0 amide bonds. The highest BCUT2D eigenvalue weighted by atomic mass is 15.1. The molecule has 0 saturated heterocycles. The predicted octanol–water partition coefficient (Wildman–Crippen LogP) is 13.0. The molecule has 2 heteroatoms. The lowest BCUT2D eigenvalue weighted by atomic mass is 9.90. The molecule has 0 unspecified atom stereocenters. The standard InChI is InChI=1S/C50H36N2/c1-4-14-35(15-5-1)39-28-40(36-16-6-2-7-17-36)30-41(29-39)37-24-25-38-33-51(43-18-8-3-9-19-43)34-42-31-44(26-27-45(42)48(38)32-37)52-49-22-12-10-20-46(49)47-21-11-13-23-50(47)52/h1-32H,33-34H2. The minimum atomic E-state index is 0.815. The fourth-order valence-corrected chi connectivity index (χ4v) is 8.14. The maximum absolute atomic E-state index is 2.52. The van der Waals surface area contributed by atoms with Crippen LogP contribution in [-0.4, -0.2) is 4.57 Å². The number of aromatic nitrogens is 1. The van der Waals surface area contributed by atoms with E-state index in [1.165, 1.54) is 88.8 Å². The lowest BCUT2D eigenvalue weighted by Crippen LogP contribution is -2.20. The maximum atomic E-state index is 2.52. The summed E-state index contributed by atoms with van der Waals surface area (Å²) in [7, 11) is 0. The highest BCUT2D eigenvalue weighted by Gasteiger charge is 2.22. The first-order valence-electron chi connectivity index (χ1n) is 18.1. The third-order valence-electron chi connectivity index (χ3n) is 10.7. The molecule has 0 fully saturated rings. The van der Waals surface area contributed by atoms with E-state index in [0.717, 1.165) is 13.1 Å². The van der Waals surface area contributed by atoms with Crippen LogP contribution in [0.4, 0.5) is 5.69 Å². The Morgan fingerprint density at radius 2 is 0.827 bits per heavy atom. The first-order chi connectivity index (χ1) is 25.8. The number of hydrogen-bond acceptors (Lipinski definition) is 1. The molecule has 0 spiro atoms. The molecule has 246 valence electrons. The van der Waals surface area contributed by atoms with Gasteiger partial charge in [0.1, 0.15) is 0 Å². The van der Waals surface area contributed by atoms with Crippen molar-refractivity contribution in [3.8, 4) is 50.2 Å². The van der Waals surface area contributed by atoms with Gasteiger partial charge in [0.2, 0.25) is 0 Å². The Labute approximate surface area is 304 Å². The second-order valence-electron chi connectivity index (χ2n) is 13.8. The fourth-order valence-electron chi connectivity index (χ4n) is 8.14. The number of fused-ring (bicyclic) bond motifs is 6. The van der Waals surface area contributed by atoms with Crippen LogP contribution in [0.3, 0.4) is 0 Å². The Hall–Kier alpha value is -6.64. The zero-order valence-electron chi connectivity index (χ0n) is 28.8. The Morgan fingerprint density at radius 3 is 1.44 bits per heavy atom. The van der Waals surface area contributed by atoms with Gasteiger partial charge < -0.3 is 9.47 Å². The molecule has 0 radical (unpaired) electrons. The van der Waals surface area contributed by atoms with Gasteiger partial charge in [0.15, 0.2) is 0 Å². The van der Waals surface area contributed by atoms with Gasteiger partial charge in [0.05, 0.1) is 11.0 Å². The van der Waals surface area contributed by atoms with Crippen LogP contribution in [0.1, 0.15) is 11.1 Å². The molecule has 52 heavy (non-hydrogen) atoms. The van der Waals surface area contributed by atoms with Crippen LogP contribution in [0.15, 0.2) is 194 Å². The van der Waals surface area contributed by atoms with E-state index in [9.17, 15) is 0 Å². The summed E-state index contributed by atoms with van der Waals surface area (Å²) in [6.07, 6.45) is 0. The Balaban J connectivity index is 1.16. The molecule has 9 aromatic rings. The van der Waals surface area contributed by atoms with Crippen molar-refractivity contribution in [2.24, 2.45) is 0 Å². The van der Waals surface area contributed by atoms with E-state index in [1.807, 2.05) is 0 Å². The summed E-state index contributed by atoms with van der Waals surface area (Å²) in [5, 5.41) is 2.56. The molecule has 0 N–H and O–H groups in total. The van der Waals surface area contributed by atoms with Gasteiger partial charge in [-0.05, 0) is 116 Å². The molecular formula is C50H36N2. The normalized spacial score (nSPS) is 12.4. The molecule has 8 aromatic carbocycles. The summed E-state index contributed by atoms with van der Waals surface area (Å²) in [5.74, 6) is 0. The monoisotopic (exact) mass is 664 g/mol. The van der Waals surface area contributed by atoms with Crippen LogP contribution in [0.2, 0.25) is 0 Å². The Morgan fingerprint density at radius 1 is 0.308 bits per heavy atom. The zero-order chi connectivity index (χ0) is 34.4. The van der Waals surface area contributed by atoms with Crippen molar-refractivity contribution in [2.75, 3.05) is 4.90 Å². The number of rotatable bonds is 5. The van der Waals surface area contributed by atoms with Gasteiger partial charge >= 0.3 is 0 Å². The molecule has 10 rings (SSSR count). The molecule has 1 aromatic heterocycles. The third kappa shape index (κ3) is 5.28. The molecule has 0 saturated carbocycles. The highest BCUT2D eigenvalue weighted by molar-refractivity contribution is 6.09. The molecule has 2 nitrogen and oxygen atoms in total. The van der Waals surface area contributed by atoms with Crippen molar-refractivity contribution in [3.63, 3.8) is 0 Å². The molecule has 2 heterocycles. The van der Waals surface area contributed by atoms with Crippen LogP contribution in [0.5, 0.6) is 0 Å². The van der Waals surface area contributed by atoms with Crippen molar-refractivity contribution >= 4 is 27.5 Å². The Kier molecular flexibility index (Phi) is 7.32. The average molecular weight is 665 g/mol. The van der Waals surface area contributed by atoms with E-state index >= 15 is 0 Å². The van der Waals surface area contributed by atoms with Gasteiger partial charge in [-0.1, -0.05) is 133 Å². The van der Waals surface area contributed by atoms with Crippen LogP contribution in [0.25, 0.3) is 72.0 Å². The van der Waals surface area contributed by atoms with Crippen molar-refractivity contribution in [1.82, 2.24) is 4.57 Å². The number of nitrogens with zero attached hydrogens (tertiary/aromatic N) is 2. The van der Waals surface area contributed by atoms with E-state index in [0.29, 0.717) is 0 Å². The number of hydrogen-bond donors (Lipinski definition) is 0. The van der Waals surface area contributed by atoms with Crippen molar-refractivity contribution < 1.29 is 0 Å². The highest BCUT2D eigenvalue weighted by Crippen LogP contribution is 2.41. The van der Waals surface area contributed by atoms with E-state index in [4.69, 9.17) is 0 Å². The lowest BCUT2D eigenvalue weighted by Gasteiger charge is -2.24. The zero-order valence-corrected chi connectivity index (χ0v) is 28.8. The number of para-hydroxylation sites is 3. The predicted molar refractivity (Wildman–Crippen MR) is 219 cm³/mol. The van der Waals surface area contributed by atoms with Gasteiger partial charge in [-0.3, -0.25) is 0 Å². The number of anilines is 1. The van der Waals surface area contributed by atoms with Gasteiger partial charge in [0.25, 0.3) is 0 Å². The van der Waals surface area contributed by atoms with Gasteiger partial charge in [-0.25, -0.2) is 0 Å². The van der Waals surface area contributed by atoms with Gasteiger partial charge in [-0.15, -0.1) is 0 Å². The molecule has 0 aliphatic carbocycles. The van der Waals surface area contributed by atoms with Crippen LogP contribution < -0.4 is 4.90 Å². The van der Waals surface area contributed by atoms with E-state index in [2.05, 4.69) is 204 Å². The minimum absolute atomic E-state index is 0.815. The summed E-state index contributed by atoms with van der Waals surface area (Å²) < 4.78 is 2.43. The maximum Gasteiger partial charge on any atom is 0.0541 e. The van der Waals surface area contributed by atoms with Crippen molar-refractivity contribution in [3.05, 3.63) is 205 Å². The SMILES string of the molecule is c1ccc(-c2cc(-c3ccccc3)cc(-c3ccc4c(c3)-c3ccc(-n5c6ccccc6c6ccccc65)cc3CN(c3ccccc3)C4)c2)cc1. The van der Waals surface area contributed by atoms with Crippen molar-refractivity contribution in [1.29, 1.82) is 0 Å². The van der Waals surface area contributed by atoms with Crippen LogP contribution in [0, 0.1) is 0 Å². The second kappa shape index (κ2) is 12.6. The molecule has 0 atom stereocenters. The summed E-state index contributed by atoms with van der Waals surface area (Å²) in [6.45, 7) is 1.65. The molecule has 1 aliphatic rings. The van der Waals surface area contributed by atoms with Crippen LogP contribution >= 0.6 is 0 Å². The second-order valence-corrected chi connectivity index (χ2v) is 13.8. The van der Waals surface area contributed by atoms with Gasteiger partial charge in [-0.2, -0.15) is 0 Å². The Bertz CT molecular complexity index is 2610. The summed E-state index contributed by atoms with van der Waals surface area (Å²) in [6, 6.07) is 71.1.